The molecule has 2 aliphatic carbocycles. The fourth-order valence-corrected chi connectivity index (χ4v) is 5.05. The van der Waals surface area contributed by atoms with Crippen LogP contribution in [0.4, 0.5) is 5.69 Å². The molecule has 5 rings (SSSR count). The molecule has 30 heavy (non-hydrogen) atoms. The molecule has 2 aromatic carbocycles. The van der Waals surface area contributed by atoms with Gasteiger partial charge in [-0.15, -0.1) is 0 Å². The van der Waals surface area contributed by atoms with Gasteiger partial charge < -0.3 is 19.5 Å². The van der Waals surface area contributed by atoms with Crippen molar-refractivity contribution in [2.75, 3.05) is 19.5 Å². The van der Waals surface area contributed by atoms with Crippen LogP contribution >= 0.6 is 0 Å². The molecule has 2 fully saturated rings. The monoisotopic (exact) mass is 407 g/mol. The van der Waals surface area contributed by atoms with Crippen molar-refractivity contribution < 1.29 is 19.0 Å². The lowest BCUT2D eigenvalue weighted by atomic mass is 9.75. The summed E-state index contributed by atoms with van der Waals surface area (Å²) in [5.74, 6) is 2.35. The van der Waals surface area contributed by atoms with Gasteiger partial charge in [-0.05, 0) is 55.5 Å². The number of hydrogen-bond acceptors (Lipinski definition) is 4. The number of anilines is 1. The van der Waals surface area contributed by atoms with Crippen LogP contribution in [0.3, 0.4) is 0 Å². The number of fused-ring (bicyclic) bond motifs is 3. The van der Waals surface area contributed by atoms with Crippen molar-refractivity contribution in [3.63, 3.8) is 0 Å². The Kier molecular flexibility index (Phi) is 5.15. The van der Waals surface area contributed by atoms with Gasteiger partial charge in [-0.2, -0.15) is 0 Å². The van der Waals surface area contributed by atoms with Gasteiger partial charge in [-0.25, -0.2) is 0 Å². The molecule has 5 heteroatoms. The highest BCUT2D eigenvalue weighted by atomic mass is 16.5. The summed E-state index contributed by atoms with van der Waals surface area (Å²) in [5.41, 5.74) is 4.14. The maximum absolute atomic E-state index is 12.3. The first-order valence-corrected chi connectivity index (χ1v) is 11.0. The van der Waals surface area contributed by atoms with Crippen LogP contribution < -0.4 is 14.8 Å². The van der Waals surface area contributed by atoms with Crippen molar-refractivity contribution >= 4 is 11.6 Å². The van der Waals surface area contributed by atoms with Crippen LogP contribution in [-0.4, -0.2) is 26.2 Å². The normalized spacial score (nSPS) is 25.1. The Balaban J connectivity index is 1.58. The minimum Gasteiger partial charge on any atom is -0.496 e. The lowest BCUT2D eigenvalue weighted by molar-refractivity contribution is -0.117. The molecule has 1 aliphatic heterocycles. The summed E-state index contributed by atoms with van der Waals surface area (Å²) in [6.07, 6.45) is 6.45. The van der Waals surface area contributed by atoms with Gasteiger partial charge in [0.25, 0.3) is 0 Å². The Morgan fingerprint density at radius 3 is 2.43 bits per heavy atom. The Labute approximate surface area is 177 Å². The summed E-state index contributed by atoms with van der Waals surface area (Å²) < 4.78 is 18.3. The Hall–Kier alpha value is -2.53. The molecule has 0 radical (unpaired) electrons. The summed E-state index contributed by atoms with van der Waals surface area (Å²) in [6, 6.07) is 12.0. The lowest BCUT2D eigenvalue weighted by Gasteiger charge is -2.42. The highest BCUT2D eigenvalue weighted by Crippen LogP contribution is 2.53. The van der Waals surface area contributed by atoms with E-state index < -0.39 is 0 Å². The molecule has 0 saturated heterocycles. The standard InChI is InChI=1S/C25H29NO4/c1-28-20-12-13-21(29-2)23-22(20)18-8-3-4-9-19(18)30-24(23)16-6-5-7-17(14-16)26-25(27)15-10-11-15/h5-7,12-15,18-19,24H,3-4,8-11H2,1-2H3,(H,26,27)/t18-,19+,24+/m1/s1. The van der Waals surface area contributed by atoms with Crippen molar-refractivity contribution in [2.24, 2.45) is 5.92 Å². The van der Waals surface area contributed by atoms with E-state index in [2.05, 4.69) is 11.4 Å². The number of hydrogen-bond donors (Lipinski definition) is 1. The van der Waals surface area contributed by atoms with Gasteiger partial charge in [-0.3, -0.25) is 4.79 Å². The largest absolute Gasteiger partial charge is 0.496 e. The maximum Gasteiger partial charge on any atom is 0.227 e. The zero-order valence-corrected chi connectivity index (χ0v) is 17.6. The van der Waals surface area contributed by atoms with E-state index in [0.717, 1.165) is 54.0 Å². The van der Waals surface area contributed by atoms with Gasteiger partial charge in [0.15, 0.2) is 0 Å². The van der Waals surface area contributed by atoms with Gasteiger partial charge in [0.05, 0.1) is 20.3 Å². The molecule has 5 nitrogen and oxygen atoms in total. The molecule has 3 aliphatic rings. The number of rotatable bonds is 5. The van der Waals surface area contributed by atoms with E-state index in [9.17, 15) is 4.79 Å². The van der Waals surface area contributed by atoms with Crippen molar-refractivity contribution in [2.45, 2.75) is 56.7 Å². The quantitative estimate of drug-likeness (QED) is 0.740. The summed E-state index contributed by atoms with van der Waals surface area (Å²) in [7, 11) is 3.44. The van der Waals surface area contributed by atoms with Crippen molar-refractivity contribution in [3.8, 4) is 11.5 Å². The molecule has 0 bridgehead atoms. The van der Waals surface area contributed by atoms with E-state index in [1.807, 2.05) is 30.3 Å². The van der Waals surface area contributed by atoms with Crippen molar-refractivity contribution in [1.82, 2.24) is 0 Å². The average Bonchev–Trinajstić information content (AvgIpc) is 3.63. The fraction of sp³-hybridized carbons (Fsp3) is 0.480. The topological polar surface area (TPSA) is 56.8 Å². The average molecular weight is 408 g/mol. The van der Waals surface area contributed by atoms with Crippen LogP contribution in [0.5, 0.6) is 11.5 Å². The van der Waals surface area contributed by atoms with Gasteiger partial charge in [0.2, 0.25) is 5.91 Å². The fourth-order valence-electron chi connectivity index (χ4n) is 5.05. The number of carbonyl (C=O) groups excluding carboxylic acids is 1. The highest BCUT2D eigenvalue weighted by Gasteiger charge is 2.41. The first kappa shape index (κ1) is 19.4. The lowest BCUT2D eigenvalue weighted by Crippen LogP contribution is -2.34. The summed E-state index contributed by atoms with van der Waals surface area (Å²) >= 11 is 0. The van der Waals surface area contributed by atoms with Crippen LogP contribution in [0.2, 0.25) is 0 Å². The molecule has 0 spiro atoms. The molecule has 1 amide bonds. The Morgan fingerprint density at radius 2 is 1.70 bits per heavy atom. The van der Waals surface area contributed by atoms with E-state index in [1.54, 1.807) is 14.2 Å². The smallest absolute Gasteiger partial charge is 0.227 e. The number of methoxy groups -OCH3 is 2. The predicted octanol–water partition coefficient (Wildman–Crippen LogP) is 5.20. The summed E-state index contributed by atoms with van der Waals surface area (Å²) in [5, 5.41) is 3.06. The molecule has 2 aromatic rings. The molecule has 3 atom stereocenters. The third-order valence-electron chi connectivity index (χ3n) is 6.70. The minimum absolute atomic E-state index is 0.115. The second-order valence-electron chi connectivity index (χ2n) is 8.63. The SMILES string of the molecule is COc1ccc(OC)c2c1[C@H](c1cccc(NC(=O)C3CC3)c1)O[C@H]1CCCC[C@@H]21. The van der Waals surface area contributed by atoms with Crippen molar-refractivity contribution in [1.29, 1.82) is 0 Å². The van der Waals surface area contributed by atoms with Gasteiger partial charge >= 0.3 is 0 Å². The number of carbonyl (C=O) groups is 1. The van der Waals surface area contributed by atoms with E-state index >= 15 is 0 Å². The Bertz CT molecular complexity index is 952. The van der Waals surface area contributed by atoms with Crippen LogP contribution in [-0.2, 0) is 9.53 Å². The number of benzene rings is 2. The van der Waals surface area contributed by atoms with Crippen LogP contribution in [0.25, 0.3) is 0 Å². The van der Waals surface area contributed by atoms with Crippen LogP contribution in [0.1, 0.15) is 67.2 Å². The van der Waals surface area contributed by atoms with Crippen LogP contribution in [0.15, 0.2) is 36.4 Å². The molecular formula is C25H29NO4. The van der Waals surface area contributed by atoms with Gasteiger partial charge in [0, 0.05) is 28.7 Å². The van der Waals surface area contributed by atoms with E-state index in [0.29, 0.717) is 5.92 Å². The molecule has 158 valence electrons. The van der Waals surface area contributed by atoms with Gasteiger partial charge in [-0.1, -0.05) is 25.0 Å². The van der Waals surface area contributed by atoms with E-state index in [1.165, 1.54) is 18.4 Å². The second-order valence-corrected chi connectivity index (χ2v) is 8.63. The number of amides is 1. The first-order valence-electron chi connectivity index (χ1n) is 11.0. The van der Waals surface area contributed by atoms with Crippen LogP contribution in [0, 0.1) is 5.92 Å². The third kappa shape index (κ3) is 3.45. The van der Waals surface area contributed by atoms with E-state index in [-0.39, 0.29) is 24.0 Å². The first-order chi connectivity index (χ1) is 14.7. The summed E-state index contributed by atoms with van der Waals surface area (Å²) in [6.45, 7) is 0. The molecule has 0 unspecified atom stereocenters. The molecule has 0 aromatic heterocycles. The Morgan fingerprint density at radius 1 is 0.967 bits per heavy atom. The predicted molar refractivity (Wildman–Crippen MR) is 115 cm³/mol. The maximum atomic E-state index is 12.3. The zero-order chi connectivity index (χ0) is 20.7. The molecule has 1 heterocycles. The molecule has 2 saturated carbocycles. The van der Waals surface area contributed by atoms with Gasteiger partial charge in [0.1, 0.15) is 17.6 Å². The number of ether oxygens (including phenoxy) is 3. The minimum atomic E-state index is -0.248. The number of nitrogens with one attached hydrogen (secondary N) is 1. The second kappa shape index (κ2) is 7.95. The zero-order valence-electron chi connectivity index (χ0n) is 17.6. The van der Waals surface area contributed by atoms with E-state index in [4.69, 9.17) is 14.2 Å². The molecular weight excluding hydrogens is 378 g/mol. The molecule has 1 N–H and O–H groups in total. The summed E-state index contributed by atoms with van der Waals surface area (Å²) in [4.78, 5) is 12.3. The third-order valence-corrected chi connectivity index (χ3v) is 6.70. The van der Waals surface area contributed by atoms with Crippen molar-refractivity contribution in [3.05, 3.63) is 53.1 Å². The highest BCUT2D eigenvalue weighted by molar-refractivity contribution is 5.94.